The Morgan fingerprint density at radius 1 is 1.04 bits per heavy atom. The second-order valence-corrected chi connectivity index (χ2v) is 6.59. The van der Waals surface area contributed by atoms with Crippen molar-refractivity contribution in [2.45, 2.75) is 25.4 Å². The number of hydrogen-bond donors (Lipinski definition) is 0. The lowest BCUT2D eigenvalue weighted by Crippen LogP contribution is -2.37. The molecule has 0 aromatic carbocycles. The fourth-order valence-corrected chi connectivity index (χ4v) is 3.59. The maximum absolute atomic E-state index is 12.3. The van der Waals surface area contributed by atoms with Gasteiger partial charge in [-0.1, -0.05) is 0 Å². The lowest BCUT2D eigenvalue weighted by molar-refractivity contribution is 0.483. The Hall–Kier alpha value is -3.49. The van der Waals surface area contributed by atoms with E-state index < -0.39 is 0 Å². The number of hydrogen-bond acceptors (Lipinski definition) is 6. The highest BCUT2D eigenvalue weighted by atomic mass is 16.1. The Balaban J connectivity index is 1.44. The molecule has 5 heterocycles. The smallest absolute Gasteiger partial charge is 0.266 e. The predicted octanol–water partition coefficient (Wildman–Crippen LogP) is 1.14. The molecule has 0 aliphatic carbocycles. The third kappa shape index (κ3) is 2.86. The standard InChI is InChI=1S/C18H18N8O/c27-18-6-5-16(23-10-7-19-13-23)21-26(18)12-14-2-1-9-24(14)17-4-3-15-20-8-11-25(15)22-17/h3-8,10-11,13-14H,1-2,9,12H2. The molecule has 9 nitrogen and oxygen atoms in total. The zero-order chi connectivity index (χ0) is 18.2. The van der Waals surface area contributed by atoms with Gasteiger partial charge in [-0.25, -0.2) is 19.2 Å². The van der Waals surface area contributed by atoms with Crippen molar-refractivity contribution in [3.05, 3.63) is 65.7 Å². The molecule has 0 radical (unpaired) electrons. The van der Waals surface area contributed by atoms with E-state index in [0.29, 0.717) is 12.4 Å². The van der Waals surface area contributed by atoms with E-state index >= 15 is 0 Å². The third-order valence-corrected chi connectivity index (χ3v) is 4.92. The molecule has 1 aliphatic rings. The summed E-state index contributed by atoms with van der Waals surface area (Å²) in [5.41, 5.74) is 0.712. The van der Waals surface area contributed by atoms with Crippen molar-refractivity contribution < 1.29 is 0 Å². The van der Waals surface area contributed by atoms with Gasteiger partial charge in [0.2, 0.25) is 0 Å². The summed E-state index contributed by atoms with van der Waals surface area (Å²) in [7, 11) is 0. The number of rotatable bonds is 4. The van der Waals surface area contributed by atoms with Gasteiger partial charge in [0.1, 0.15) is 12.1 Å². The van der Waals surface area contributed by atoms with Gasteiger partial charge in [0, 0.05) is 37.4 Å². The third-order valence-electron chi connectivity index (χ3n) is 4.92. The molecule has 4 aromatic rings. The van der Waals surface area contributed by atoms with Gasteiger partial charge in [0.05, 0.1) is 12.6 Å². The van der Waals surface area contributed by atoms with E-state index in [-0.39, 0.29) is 11.6 Å². The van der Waals surface area contributed by atoms with Crippen LogP contribution in [-0.4, -0.2) is 46.5 Å². The molecule has 0 saturated carbocycles. The van der Waals surface area contributed by atoms with Crippen LogP contribution in [0, 0.1) is 0 Å². The normalized spacial score (nSPS) is 17.0. The van der Waals surface area contributed by atoms with Crippen molar-refractivity contribution in [3.63, 3.8) is 0 Å². The van der Waals surface area contributed by atoms with Crippen LogP contribution in [-0.2, 0) is 6.54 Å². The molecule has 9 heteroatoms. The highest BCUT2D eigenvalue weighted by Gasteiger charge is 2.27. The first-order valence-corrected chi connectivity index (χ1v) is 8.91. The summed E-state index contributed by atoms with van der Waals surface area (Å²) in [6.07, 6.45) is 10.8. The molecule has 5 rings (SSSR count). The predicted molar refractivity (Wildman–Crippen MR) is 99.0 cm³/mol. The van der Waals surface area contributed by atoms with Crippen LogP contribution in [0.1, 0.15) is 12.8 Å². The molecule has 4 aromatic heterocycles. The van der Waals surface area contributed by atoms with Gasteiger partial charge in [-0.05, 0) is 31.0 Å². The minimum Gasteiger partial charge on any atom is -0.350 e. The molecule has 1 fully saturated rings. The van der Waals surface area contributed by atoms with Gasteiger partial charge in [-0.2, -0.15) is 5.10 Å². The summed E-state index contributed by atoms with van der Waals surface area (Å²) >= 11 is 0. The van der Waals surface area contributed by atoms with E-state index in [1.165, 1.54) is 4.68 Å². The molecule has 136 valence electrons. The van der Waals surface area contributed by atoms with E-state index in [9.17, 15) is 4.79 Å². The van der Waals surface area contributed by atoms with E-state index in [4.69, 9.17) is 0 Å². The second-order valence-electron chi connectivity index (χ2n) is 6.59. The zero-order valence-corrected chi connectivity index (χ0v) is 14.6. The van der Waals surface area contributed by atoms with E-state index in [1.54, 1.807) is 39.9 Å². The van der Waals surface area contributed by atoms with Crippen LogP contribution in [0.15, 0.2) is 60.2 Å². The fourth-order valence-electron chi connectivity index (χ4n) is 3.59. The Labute approximate surface area is 154 Å². The van der Waals surface area contributed by atoms with Crippen molar-refractivity contribution in [2.24, 2.45) is 0 Å². The Kier molecular flexibility index (Phi) is 3.70. The first-order valence-electron chi connectivity index (χ1n) is 8.91. The highest BCUT2D eigenvalue weighted by molar-refractivity contribution is 5.47. The fraction of sp³-hybridized carbons (Fsp3) is 0.278. The van der Waals surface area contributed by atoms with Crippen molar-refractivity contribution in [2.75, 3.05) is 11.4 Å². The molecule has 1 aliphatic heterocycles. The second kappa shape index (κ2) is 6.35. The van der Waals surface area contributed by atoms with Crippen molar-refractivity contribution in [1.29, 1.82) is 0 Å². The number of fused-ring (bicyclic) bond motifs is 1. The zero-order valence-electron chi connectivity index (χ0n) is 14.6. The van der Waals surface area contributed by atoms with Gasteiger partial charge < -0.3 is 4.90 Å². The average Bonchev–Trinajstić information content (AvgIpc) is 3.44. The maximum atomic E-state index is 12.3. The molecule has 0 spiro atoms. The topological polar surface area (TPSA) is 86.1 Å². The van der Waals surface area contributed by atoms with Crippen LogP contribution in [0.2, 0.25) is 0 Å². The van der Waals surface area contributed by atoms with Crippen LogP contribution in [0.25, 0.3) is 11.5 Å². The van der Waals surface area contributed by atoms with Crippen molar-refractivity contribution in [1.82, 2.24) is 33.9 Å². The molecule has 0 amide bonds. The molecule has 1 saturated heterocycles. The van der Waals surface area contributed by atoms with Gasteiger partial charge >= 0.3 is 0 Å². The van der Waals surface area contributed by atoms with Crippen LogP contribution in [0.4, 0.5) is 5.82 Å². The van der Waals surface area contributed by atoms with Crippen LogP contribution >= 0.6 is 0 Å². The average molecular weight is 362 g/mol. The number of nitrogens with zero attached hydrogens (tertiary/aromatic N) is 8. The summed E-state index contributed by atoms with van der Waals surface area (Å²) in [5.74, 6) is 1.57. The molecular formula is C18H18N8O. The summed E-state index contributed by atoms with van der Waals surface area (Å²) in [6.45, 7) is 1.43. The molecule has 1 atom stereocenters. The lowest BCUT2D eigenvalue weighted by Gasteiger charge is -2.25. The molecule has 1 unspecified atom stereocenters. The van der Waals surface area contributed by atoms with E-state index in [2.05, 4.69) is 25.1 Å². The van der Waals surface area contributed by atoms with Crippen LogP contribution in [0.5, 0.6) is 0 Å². The number of aromatic nitrogens is 7. The lowest BCUT2D eigenvalue weighted by atomic mass is 10.2. The summed E-state index contributed by atoms with van der Waals surface area (Å²) in [5, 5.41) is 9.16. The van der Waals surface area contributed by atoms with Crippen molar-refractivity contribution >= 4 is 11.5 Å². The summed E-state index contributed by atoms with van der Waals surface area (Å²) in [6, 6.07) is 7.38. The Morgan fingerprint density at radius 2 is 1.96 bits per heavy atom. The van der Waals surface area contributed by atoms with Gasteiger partial charge in [-0.3, -0.25) is 9.36 Å². The minimum atomic E-state index is -0.108. The maximum Gasteiger partial charge on any atom is 0.266 e. The monoisotopic (exact) mass is 362 g/mol. The van der Waals surface area contributed by atoms with Crippen LogP contribution in [0.3, 0.4) is 0 Å². The van der Waals surface area contributed by atoms with Gasteiger partial charge in [-0.15, -0.1) is 5.10 Å². The SMILES string of the molecule is O=c1ccc(-n2ccnc2)nn1CC1CCCN1c1ccc2nccn2n1. The molecule has 0 bridgehead atoms. The molecular weight excluding hydrogens is 344 g/mol. The van der Waals surface area contributed by atoms with E-state index in [1.807, 2.05) is 24.5 Å². The first kappa shape index (κ1) is 15.7. The Bertz CT molecular complexity index is 1130. The quantitative estimate of drug-likeness (QED) is 0.541. The van der Waals surface area contributed by atoms with Crippen LogP contribution < -0.4 is 10.5 Å². The summed E-state index contributed by atoms with van der Waals surface area (Å²) < 4.78 is 5.10. The summed E-state index contributed by atoms with van der Waals surface area (Å²) in [4.78, 5) is 22.9. The van der Waals surface area contributed by atoms with E-state index in [0.717, 1.165) is 30.9 Å². The molecule has 27 heavy (non-hydrogen) atoms. The largest absolute Gasteiger partial charge is 0.350 e. The highest BCUT2D eigenvalue weighted by Crippen LogP contribution is 2.24. The molecule has 0 N–H and O–H groups in total. The number of imidazole rings is 2. The Morgan fingerprint density at radius 3 is 2.85 bits per heavy atom. The van der Waals surface area contributed by atoms with Crippen molar-refractivity contribution in [3.8, 4) is 5.82 Å². The first-order chi connectivity index (χ1) is 13.3. The number of anilines is 1. The van der Waals surface area contributed by atoms with Gasteiger partial charge in [0.15, 0.2) is 11.5 Å². The minimum absolute atomic E-state index is 0.108. The van der Waals surface area contributed by atoms with Gasteiger partial charge in [0.25, 0.3) is 5.56 Å².